The van der Waals surface area contributed by atoms with E-state index in [1.54, 1.807) is 14.2 Å². The predicted octanol–water partition coefficient (Wildman–Crippen LogP) is 5.68. The number of benzene rings is 3. The van der Waals surface area contributed by atoms with Crippen molar-refractivity contribution in [2.75, 3.05) is 14.2 Å². The summed E-state index contributed by atoms with van der Waals surface area (Å²) in [5, 5.41) is 16.0. The molecule has 1 fully saturated rings. The van der Waals surface area contributed by atoms with E-state index in [0.717, 1.165) is 41.0 Å². The topological polar surface area (TPSA) is 50.7 Å². The van der Waals surface area contributed by atoms with Gasteiger partial charge in [0.1, 0.15) is 17.1 Å². The van der Waals surface area contributed by atoms with Gasteiger partial charge in [0.2, 0.25) is 0 Å². The first kappa shape index (κ1) is 23.9. The Hall–Kier alpha value is -3.26. The van der Waals surface area contributed by atoms with E-state index in [2.05, 4.69) is 48.3 Å². The second-order valence-corrected chi connectivity index (χ2v) is 8.88. The molecule has 4 nitrogen and oxygen atoms in total. The van der Waals surface area contributed by atoms with Gasteiger partial charge >= 0.3 is 0 Å². The third-order valence-electron chi connectivity index (χ3n) is 6.70. The van der Waals surface area contributed by atoms with E-state index in [9.17, 15) is 5.11 Å². The highest BCUT2D eigenvalue weighted by Gasteiger charge is 2.47. The van der Waals surface area contributed by atoms with Crippen LogP contribution in [-0.4, -0.2) is 24.9 Å². The van der Waals surface area contributed by atoms with Crippen LogP contribution in [0, 0.1) is 17.8 Å². The molecule has 34 heavy (non-hydrogen) atoms. The molecule has 3 aromatic rings. The van der Waals surface area contributed by atoms with E-state index in [1.165, 1.54) is 0 Å². The van der Waals surface area contributed by atoms with Crippen molar-refractivity contribution in [1.82, 2.24) is 5.32 Å². The van der Waals surface area contributed by atoms with Crippen LogP contribution in [-0.2, 0) is 0 Å². The fraction of sp³-hybridized carbons (Fsp3) is 0.333. The van der Waals surface area contributed by atoms with Crippen molar-refractivity contribution >= 4 is 0 Å². The Morgan fingerprint density at radius 3 is 2.03 bits per heavy atom. The predicted molar refractivity (Wildman–Crippen MR) is 136 cm³/mol. The standard InChI is InChI=1S/C30H33NO3/c1-4-8-27-29(24-13-17-26(34-3)18-14-24)31-28(23-11-15-25(33-2)16-12-23)21-30(27,32)20-19-22-9-6-5-7-10-22/h5-7,9-18,27-29,31-32H,4,8,21H2,1-3H3/t27-,28-,29-,30-/m0/s1. The number of hydrogen-bond donors (Lipinski definition) is 2. The van der Waals surface area contributed by atoms with Crippen LogP contribution in [0.2, 0.25) is 0 Å². The minimum Gasteiger partial charge on any atom is -0.497 e. The molecule has 3 aromatic carbocycles. The van der Waals surface area contributed by atoms with Crippen molar-refractivity contribution in [3.05, 3.63) is 95.6 Å². The first-order valence-corrected chi connectivity index (χ1v) is 11.9. The van der Waals surface area contributed by atoms with Gasteiger partial charge in [0.05, 0.1) is 14.2 Å². The minimum absolute atomic E-state index is 0.0539. The Morgan fingerprint density at radius 1 is 0.882 bits per heavy atom. The van der Waals surface area contributed by atoms with E-state index < -0.39 is 5.60 Å². The molecule has 0 saturated carbocycles. The molecule has 0 amide bonds. The number of methoxy groups -OCH3 is 2. The van der Waals surface area contributed by atoms with E-state index in [1.807, 2.05) is 54.6 Å². The zero-order valence-corrected chi connectivity index (χ0v) is 20.1. The van der Waals surface area contributed by atoms with E-state index in [-0.39, 0.29) is 18.0 Å². The smallest absolute Gasteiger partial charge is 0.132 e. The first-order valence-electron chi connectivity index (χ1n) is 11.9. The van der Waals surface area contributed by atoms with Crippen molar-refractivity contribution in [1.29, 1.82) is 0 Å². The molecular formula is C30H33NO3. The van der Waals surface area contributed by atoms with Gasteiger partial charge in [-0.25, -0.2) is 0 Å². The molecule has 4 heteroatoms. The number of hydrogen-bond acceptors (Lipinski definition) is 4. The van der Waals surface area contributed by atoms with Gasteiger partial charge in [-0.05, 0) is 53.9 Å². The molecule has 1 saturated heterocycles. The normalized spacial score (nSPS) is 24.1. The summed E-state index contributed by atoms with van der Waals surface area (Å²) >= 11 is 0. The van der Waals surface area contributed by atoms with Gasteiger partial charge in [-0.2, -0.15) is 0 Å². The molecule has 4 atom stereocenters. The van der Waals surface area contributed by atoms with Crippen molar-refractivity contribution in [2.45, 2.75) is 43.9 Å². The minimum atomic E-state index is -1.15. The highest BCUT2D eigenvalue weighted by Crippen LogP contribution is 2.45. The van der Waals surface area contributed by atoms with Crippen molar-refractivity contribution in [3.8, 4) is 23.3 Å². The largest absolute Gasteiger partial charge is 0.497 e. The van der Waals surface area contributed by atoms with Crippen LogP contribution in [0.4, 0.5) is 0 Å². The second kappa shape index (κ2) is 10.8. The van der Waals surface area contributed by atoms with Crippen LogP contribution in [0.1, 0.15) is 55.0 Å². The van der Waals surface area contributed by atoms with E-state index in [0.29, 0.717) is 6.42 Å². The van der Waals surface area contributed by atoms with Crippen LogP contribution < -0.4 is 14.8 Å². The summed E-state index contributed by atoms with van der Waals surface area (Å²) in [6.07, 6.45) is 2.33. The van der Waals surface area contributed by atoms with Gasteiger partial charge in [0.25, 0.3) is 0 Å². The van der Waals surface area contributed by atoms with Gasteiger partial charge in [-0.1, -0.05) is 67.6 Å². The fourth-order valence-corrected chi connectivity index (χ4v) is 4.88. The van der Waals surface area contributed by atoms with Crippen LogP contribution in [0.5, 0.6) is 11.5 Å². The molecule has 4 rings (SSSR count). The lowest BCUT2D eigenvalue weighted by Gasteiger charge is -2.46. The van der Waals surface area contributed by atoms with E-state index in [4.69, 9.17) is 9.47 Å². The maximum Gasteiger partial charge on any atom is 0.132 e. The van der Waals surface area contributed by atoms with Gasteiger partial charge in [-0.3, -0.25) is 0 Å². The Bertz CT molecular complexity index is 1120. The van der Waals surface area contributed by atoms with Crippen molar-refractivity contribution < 1.29 is 14.6 Å². The number of rotatable bonds is 6. The Kier molecular flexibility index (Phi) is 7.57. The van der Waals surface area contributed by atoms with E-state index >= 15 is 0 Å². The summed E-state index contributed by atoms with van der Waals surface area (Å²) < 4.78 is 10.7. The summed E-state index contributed by atoms with van der Waals surface area (Å²) in [5.74, 6) is 8.14. The molecule has 0 aliphatic carbocycles. The van der Waals surface area contributed by atoms with Gasteiger partial charge in [-0.15, -0.1) is 0 Å². The first-order chi connectivity index (χ1) is 16.6. The molecule has 0 radical (unpaired) electrons. The maximum absolute atomic E-state index is 12.1. The van der Waals surface area contributed by atoms with Gasteiger partial charge < -0.3 is 19.9 Å². The lowest BCUT2D eigenvalue weighted by atomic mass is 9.69. The molecule has 0 bridgehead atoms. The fourth-order valence-electron chi connectivity index (χ4n) is 4.88. The van der Waals surface area contributed by atoms with Crippen molar-refractivity contribution in [2.24, 2.45) is 5.92 Å². The summed E-state index contributed by atoms with van der Waals surface area (Å²) in [6.45, 7) is 2.16. The summed E-state index contributed by atoms with van der Waals surface area (Å²) in [5.41, 5.74) is 1.99. The summed E-state index contributed by atoms with van der Waals surface area (Å²) in [6, 6.07) is 26.0. The number of ether oxygens (including phenoxy) is 2. The average Bonchev–Trinajstić information content (AvgIpc) is 2.89. The van der Waals surface area contributed by atoms with Crippen molar-refractivity contribution in [3.63, 3.8) is 0 Å². The lowest BCUT2D eigenvalue weighted by molar-refractivity contribution is -0.0318. The zero-order chi connectivity index (χ0) is 24.0. The lowest BCUT2D eigenvalue weighted by Crippen LogP contribution is -2.52. The summed E-state index contributed by atoms with van der Waals surface area (Å²) in [7, 11) is 3.34. The number of nitrogens with one attached hydrogen (secondary N) is 1. The molecule has 176 valence electrons. The molecular weight excluding hydrogens is 422 g/mol. The van der Waals surface area contributed by atoms with Crippen LogP contribution >= 0.6 is 0 Å². The summed E-state index contributed by atoms with van der Waals surface area (Å²) in [4.78, 5) is 0. The Labute approximate surface area is 202 Å². The Morgan fingerprint density at radius 2 is 1.47 bits per heavy atom. The number of piperidine rings is 1. The number of aliphatic hydroxyl groups is 1. The quantitative estimate of drug-likeness (QED) is 0.470. The third kappa shape index (κ3) is 5.28. The molecule has 0 aromatic heterocycles. The molecule has 2 N–H and O–H groups in total. The average molecular weight is 456 g/mol. The van der Waals surface area contributed by atoms with Crippen LogP contribution in [0.3, 0.4) is 0 Å². The zero-order valence-electron chi connectivity index (χ0n) is 20.1. The Balaban J connectivity index is 1.76. The molecule has 0 spiro atoms. The molecule has 1 aliphatic rings. The highest BCUT2D eigenvalue weighted by atomic mass is 16.5. The second-order valence-electron chi connectivity index (χ2n) is 8.88. The SMILES string of the molecule is CCC[C@H]1[C@H](c2ccc(OC)cc2)N[C@H](c2ccc(OC)cc2)C[C@@]1(O)C#Cc1ccccc1. The molecule has 0 unspecified atom stereocenters. The molecule has 1 heterocycles. The third-order valence-corrected chi connectivity index (χ3v) is 6.70. The highest BCUT2D eigenvalue weighted by molar-refractivity contribution is 5.39. The molecule has 1 aliphatic heterocycles. The van der Waals surface area contributed by atoms with Gasteiger partial charge in [0, 0.05) is 30.0 Å². The monoisotopic (exact) mass is 455 g/mol. The maximum atomic E-state index is 12.1. The van der Waals surface area contributed by atoms with Gasteiger partial charge in [0.15, 0.2) is 0 Å². The van der Waals surface area contributed by atoms with Crippen LogP contribution in [0.15, 0.2) is 78.9 Å². The van der Waals surface area contributed by atoms with Crippen LogP contribution in [0.25, 0.3) is 0 Å².